The fourth-order valence-electron chi connectivity index (χ4n) is 1.88. The minimum atomic E-state index is -3.70. The zero-order valence-corrected chi connectivity index (χ0v) is 11.2. The zero-order chi connectivity index (χ0) is 13.3. The Kier molecular flexibility index (Phi) is 3.49. The third-order valence-corrected chi connectivity index (χ3v) is 4.74. The van der Waals surface area contributed by atoms with E-state index in [0.717, 1.165) is 0 Å². The standard InChI is InChI=1S/C11H12ClNO4S/c1-17-9-4-2-8(3-5-9)13-7-10(6-11(13)14)18(12,15)16/h2-5,10H,6-7H2,1H3. The van der Waals surface area contributed by atoms with Crippen molar-refractivity contribution in [3.63, 3.8) is 0 Å². The van der Waals surface area contributed by atoms with E-state index in [1.54, 1.807) is 31.4 Å². The van der Waals surface area contributed by atoms with Crippen LogP contribution in [0.3, 0.4) is 0 Å². The molecular weight excluding hydrogens is 278 g/mol. The molecule has 0 bridgehead atoms. The predicted molar refractivity (Wildman–Crippen MR) is 68.5 cm³/mol. The van der Waals surface area contributed by atoms with E-state index >= 15 is 0 Å². The van der Waals surface area contributed by atoms with E-state index in [1.807, 2.05) is 0 Å². The van der Waals surface area contributed by atoms with E-state index in [2.05, 4.69) is 0 Å². The average Bonchev–Trinajstić information content (AvgIpc) is 2.71. The molecule has 1 unspecified atom stereocenters. The van der Waals surface area contributed by atoms with Gasteiger partial charge in [-0.25, -0.2) is 8.42 Å². The molecule has 1 aliphatic rings. The van der Waals surface area contributed by atoms with Crippen LogP contribution in [0.1, 0.15) is 6.42 Å². The van der Waals surface area contributed by atoms with Gasteiger partial charge in [0.1, 0.15) is 11.0 Å². The van der Waals surface area contributed by atoms with Gasteiger partial charge in [0.2, 0.25) is 15.0 Å². The summed E-state index contributed by atoms with van der Waals surface area (Å²) in [7, 11) is 3.12. The van der Waals surface area contributed by atoms with Crippen LogP contribution in [0.15, 0.2) is 24.3 Å². The molecule has 2 rings (SSSR count). The Balaban J connectivity index is 2.21. The topological polar surface area (TPSA) is 63.7 Å². The van der Waals surface area contributed by atoms with Crippen LogP contribution in [-0.4, -0.2) is 33.2 Å². The highest BCUT2D eigenvalue weighted by molar-refractivity contribution is 8.14. The van der Waals surface area contributed by atoms with Crippen molar-refractivity contribution in [1.29, 1.82) is 0 Å². The minimum absolute atomic E-state index is 0.0716. The van der Waals surface area contributed by atoms with Crippen LogP contribution in [0.2, 0.25) is 0 Å². The van der Waals surface area contributed by atoms with Crippen molar-refractivity contribution >= 4 is 31.3 Å². The van der Waals surface area contributed by atoms with Gasteiger partial charge < -0.3 is 9.64 Å². The highest BCUT2D eigenvalue weighted by Crippen LogP contribution is 2.27. The first-order chi connectivity index (χ1) is 8.41. The highest BCUT2D eigenvalue weighted by atomic mass is 35.7. The Hall–Kier alpha value is -1.27. The minimum Gasteiger partial charge on any atom is -0.497 e. The number of nitrogens with zero attached hydrogens (tertiary/aromatic N) is 1. The molecule has 1 amide bonds. The first kappa shape index (κ1) is 13.2. The van der Waals surface area contributed by atoms with Crippen molar-refractivity contribution < 1.29 is 17.9 Å². The molecule has 1 aromatic rings. The first-order valence-corrected chi connectivity index (χ1v) is 7.67. The van der Waals surface area contributed by atoms with E-state index in [-0.39, 0.29) is 18.9 Å². The molecule has 0 saturated carbocycles. The van der Waals surface area contributed by atoms with Gasteiger partial charge in [0.15, 0.2) is 0 Å². The van der Waals surface area contributed by atoms with Gasteiger partial charge in [-0.2, -0.15) is 0 Å². The highest BCUT2D eigenvalue weighted by Gasteiger charge is 2.37. The largest absolute Gasteiger partial charge is 0.497 e. The summed E-state index contributed by atoms with van der Waals surface area (Å²) in [6.07, 6.45) is -0.0716. The number of halogens is 1. The molecule has 0 aliphatic carbocycles. The number of carbonyl (C=O) groups is 1. The van der Waals surface area contributed by atoms with Gasteiger partial charge in [0.05, 0.1) is 7.11 Å². The average molecular weight is 290 g/mol. The van der Waals surface area contributed by atoms with E-state index in [0.29, 0.717) is 11.4 Å². The molecule has 98 valence electrons. The lowest BCUT2D eigenvalue weighted by Gasteiger charge is -2.16. The Labute approximate surface area is 110 Å². The van der Waals surface area contributed by atoms with Crippen molar-refractivity contribution in [1.82, 2.24) is 0 Å². The molecule has 1 aromatic carbocycles. The lowest BCUT2D eigenvalue weighted by Crippen LogP contribution is -2.26. The van der Waals surface area contributed by atoms with Crippen LogP contribution in [0.5, 0.6) is 5.75 Å². The summed E-state index contributed by atoms with van der Waals surface area (Å²) >= 11 is 0. The maximum atomic E-state index is 11.8. The molecule has 0 aromatic heterocycles. The molecule has 7 heteroatoms. The maximum absolute atomic E-state index is 11.8. The number of carbonyl (C=O) groups excluding carboxylic acids is 1. The predicted octanol–water partition coefficient (Wildman–Crippen LogP) is 1.37. The Bertz CT molecular complexity index is 555. The van der Waals surface area contributed by atoms with Crippen molar-refractivity contribution in [3.05, 3.63) is 24.3 Å². The summed E-state index contributed by atoms with van der Waals surface area (Å²) in [4.78, 5) is 13.2. The number of hydrogen-bond donors (Lipinski definition) is 0. The smallest absolute Gasteiger partial charge is 0.237 e. The van der Waals surface area contributed by atoms with E-state index in [9.17, 15) is 13.2 Å². The molecule has 0 N–H and O–H groups in total. The summed E-state index contributed by atoms with van der Waals surface area (Å²) in [5.74, 6) is 0.432. The molecular formula is C11H12ClNO4S. The van der Waals surface area contributed by atoms with E-state index in [4.69, 9.17) is 15.4 Å². The second-order valence-corrected chi connectivity index (χ2v) is 6.91. The molecule has 1 saturated heterocycles. The second kappa shape index (κ2) is 4.78. The SMILES string of the molecule is COc1ccc(N2CC(S(=O)(=O)Cl)CC2=O)cc1. The lowest BCUT2D eigenvalue weighted by molar-refractivity contribution is -0.117. The number of hydrogen-bond acceptors (Lipinski definition) is 4. The molecule has 0 spiro atoms. The summed E-state index contributed by atoms with van der Waals surface area (Å²) in [6.45, 7) is 0.0942. The first-order valence-electron chi connectivity index (χ1n) is 5.29. The molecule has 1 fully saturated rings. The zero-order valence-electron chi connectivity index (χ0n) is 9.67. The fourth-order valence-corrected chi connectivity index (χ4v) is 2.90. The number of benzene rings is 1. The van der Waals surface area contributed by atoms with Crippen molar-refractivity contribution in [2.45, 2.75) is 11.7 Å². The molecule has 18 heavy (non-hydrogen) atoms. The van der Waals surface area contributed by atoms with Crippen LogP contribution in [0, 0.1) is 0 Å². The van der Waals surface area contributed by atoms with Crippen LogP contribution in [-0.2, 0) is 13.8 Å². The molecule has 0 radical (unpaired) electrons. The van der Waals surface area contributed by atoms with Crippen LogP contribution in [0.25, 0.3) is 0 Å². The van der Waals surface area contributed by atoms with E-state index in [1.165, 1.54) is 4.90 Å². The normalized spacial score (nSPS) is 20.2. The Morgan fingerprint density at radius 2 is 1.94 bits per heavy atom. The van der Waals surface area contributed by atoms with Gasteiger partial charge in [0.25, 0.3) is 0 Å². The maximum Gasteiger partial charge on any atom is 0.237 e. The van der Waals surface area contributed by atoms with Gasteiger partial charge in [-0.3, -0.25) is 4.79 Å². The number of amides is 1. The number of anilines is 1. The van der Waals surface area contributed by atoms with E-state index < -0.39 is 14.3 Å². The molecule has 1 atom stereocenters. The monoisotopic (exact) mass is 289 g/mol. The van der Waals surface area contributed by atoms with Crippen LogP contribution in [0.4, 0.5) is 5.69 Å². The third-order valence-electron chi connectivity index (χ3n) is 2.87. The molecule has 1 heterocycles. The lowest BCUT2D eigenvalue weighted by atomic mass is 10.3. The van der Waals surface area contributed by atoms with Gasteiger partial charge in [-0.05, 0) is 24.3 Å². The number of methoxy groups -OCH3 is 1. The molecule has 5 nitrogen and oxygen atoms in total. The number of ether oxygens (including phenoxy) is 1. The number of rotatable bonds is 3. The Morgan fingerprint density at radius 3 is 2.39 bits per heavy atom. The summed E-state index contributed by atoms with van der Waals surface area (Å²) in [6, 6.07) is 6.84. The van der Waals surface area contributed by atoms with Gasteiger partial charge in [-0.1, -0.05) is 0 Å². The third kappa shape index (κ3) is 2.59. The Morgan fingerprint density at radius 1 is 1.33 bits per heavy atom. The van der Waals surface area contributed by atoms with Crippen molar-refractivity contribution in [2.24, 2.45) is 0 Å². The van der Waals surface area contributed by atoms with Crippen LogP contribution >= 0.6 is 10.7 Å². The summed E-state index contributed by atoms with van der Waals surface area (Å²) < 4.78 is 27.5. The van der Waals surface area contributed by atoms with Gasteiger partial charge in [0, 0.05) is 29.3 Å². The van der Waals surface area contributed by atoms with Crippen molar-refractivity contribution in [3.8, 4) is 5.75 Å². The second-order valence-electron chi connectivity index (χ2n) is 4.00. The quantitative estimate of drug-likeness (QED) is 0.789. The molecule has 1 aliphatic heterocycles. The van der Waals surface area contributed by atoms with Crippen molar-refractivity contribution in [2.75, 3.05) is 18.6 Å². The summed E-state index contributed by atoms with van der Waals surface area (Å²) in [5, 5.41) is -0.839. The van der Waals surface area contributed by atoms with Gasteiger partial charge >= 0.3 is 0 Å². The fraction of sp³-hybridized carbons (Fsp3) is 0.364. The summed E-state index contributed by atoms with van der Waals surface area (Å²) in [5.41, 5.74) is 0.642. The van der Waals surface area contributed by atoms with Crippen LogP contribution < -0.4 is 9.64 Å². The van der Waals surface area contributed by atoms with Gasteiger partial charge in [-0.15, -0.1) is 0 Å².